The maximum Gasteiger partial charge on any atom is 0.308 e. The van der Waals surface area contributed by atoms with Crippen molar-refractivity contribution in [2.75, 3.05) is 7.11 Å². The van der Waals surface area contributed by atoms with E-state index in [-0.39, 0.29) is 23.7 Å². The third kappa shape index (κ3) is 1.50. The number of hydrogen-bond acceptors (Lipinski definition) is 3. The van der Waals surface area contributed by atoms with Crippen LogP contribution >= 0.6 is 0 Å². The van der Waals surface area contributed by atoms with Crippen LogP contribution in [0.15, 0.2) is 0 Å². The fraction of sp³-hybridized carbons (Fsp3) is 0.714. The van der Waals surface area contributed by atoms with Crippen molar-refractivity contribution >= 4 is 11.9 Å². The Hall–Kier alpha value is -1.06. The third-order valence-electron chi connectivity index (χ3n) is 2.07. The van der Waals surface area contributed by atoms with E-state index in [2.05, 4.69) is 4.74 Å². The predicted molar refractivity (Wildman–Crippen MR) is 37.4 cm³/mol. The normalized spacial score (nSPS) is 28.8. The lowest BCUT2D eigenvalue weighted by molar-refractivity contribution is -0.151. The maximum absolute atomic E-state index is 10.8. The minimum atomic E-state index is -0.315. The summed E-state index contributed by atoms with van der Waals surface area (Å²) in [5.74, 6) is -0.760. The molecule has 0 radical (unpaired) electrons. The van der Waals surface area contributed by atoms with E-state index in [0.29, 0.717) is 12.8 Å². The van der Waals surface area contributed by atoms with Crippen molar-refractivity contribution in [3.63, 3.8) is 0 Å². The summed E-state index contributed by atoms with van der Waals surface area (Å²) in [5, 5.41) is 0. The summed E-state index contributed by atoms with van der Waals surface area (Å²) in [5.41, 5.74) is 5.01. The van der Waals surface area contributed by atoms with Crippen LogP contribution < -0.4 is 5.73 Å². The van der Waals surface area contributed by atoms with E-state index in [4.69, 9.17) is 5.73 Å². The molecule has 0 aromatic heterocycles. The number of ether oxygens (including phenoxy) is 1. The van der Waals surface area contributed by atoms with Gasteiger partial charge in [-0.25, -0.2) is 0 Å². The molecule has 4 heteroatoms. The summed E-state index contributed by atoms with van der Waals surface area (Å²) in [6.45, 7) is 0. The second-order valence-corrected chi connectivity index (χ2v) is 2.79. The van der Waals surface area contributed by atoms with Crippen LogP contribution in [0.4, 0.5) is 0 Å². The minimum Gasteiger partial charge on any atom is -0.469 e. The first-order valence-electron chi connectivity index (χ1n) is 3.52. The van der Waals surface area contributed by atoms with Gasteiger partial charge in [0.1, 0.15) is 0 Å². The Morgan fingerprint density at radius 3 is 2.27 bits per heavy atom. The molecule has 62 valence electrons. The van der Waals surface area contributed by atoms with Crippen molar-refractivity contribution in [3.05, 3.63) is 0 Å². The van der Waals surface area contributed by atoms with E-state index < -0.39 is 0 Å². The van der Waals surface area contributed by atoms with E-state index in [1.165, 1.54) is 7.11 Å². The Morgan fingerprint density at radius 1 is 1.36 bits per heavy atom. The van der Waals surface area contributed by atoms with Crippen molar-refractivity contribution in [2.24, 2.45) is 17.6 Å². The first-order valence-corrected chi connectivity index (χ1v) is 3.52. The van der Waals surface area contributed by atoms with Crippen LogP contribution in [0.5, 0.6) is 0 Å². The molecule has 1 amide bonds. The lowest BCUT2D eigenvalue weighted by Crippen LogP contribution is -2.39. The fourth-order valence-corrected chi connectivity index (χ4v) is 1.21. The summed E-state index contributed by atoms with van der Waals surface area (Å²) in [6, 6.07) is 0. The fourth-order valence-electron chi connectivity index (χ4n) is 1.21. The molecule has 0 aromatic carbocycles. The Bertz CT molecular complexity index is 184. The van der Waals surface area contributed by atoms with Gasteiger partial charge in [0, 0.05) is 5.92 Å². The van der Waals surface area contributed by atoms with Gasteiger partial charge in [-0.3, -0.25) is 9.59 Å². The Kier molecular flexibility index (Phi) is 2.12. The third-order valence-corrected chi connectivity index (χ3v) is 2.07. The average molecular weight is 157 g/mol. The molecule has 4 nitrogen and oxygen atoms in total. The molecule has 0 atom stereocenters. The zero-order valence-corrected chi connectivity index (χ0v) is 6.37. The van der Waals surface area contributed by atoms with Crippen LogP contribution in [0, 0.1) is 11.8 Å². The van der Waals surface area contributed by atoms with E-state index in [1.54, 1.807) is 0 Å². The molecule has 1 aliphatic rings. The number of esters is 1. The highest BCUT2D eigenvalue weighted by atomic mass is 16.5. The number of amides is 1. The number of primary amides is 1. The Morgan fingerprint density at radius 2 is 1.91 bits per heavy atom. The van der Waals surface area contributed by atoms with Crippen molar-refractivity contribution in [3.8, 4) is 0 Å². The largest absolute Gasteiger partial charge is 0.469 e. The van der Waals surface area contributed by atoms with E-state index in [9.17, 15) is 9.59 Å². The number of hydrogen-bond donors (Lipinski definition) is 1. The first kappa shape index (κ1) is 8.04. The molecule has 0 heterocycles. The minimum absolute atomic E-state index is 0.0995. The lowest BCUT2D eigenvalue weighted by Gasteiger charge is -2.30. The average Bonchev–Trinajstić information content (AvgIpc) is 1.83. The molecule has 11 heavy (non-hydrogen) atoms. The van der Waals surface area contributed by atoms with E-state index in [0.717, 1.165) is 0 Å². The molecular weight excluding hydrogens is 146 g/mol. The van der Waals surface area contributed by atoms with Gasteiger partial charge in [-0.1, -0.05) is 0 Å². The van der Waals surface area contributed by atoms with Crippen LogP contribution in [0.3, 0.4) is 0 Å². The van der Waals surface area contributed by atoms with Gasteiger partial charge >= 0.3 is 5.97 Å². The van der Waals surface area contributed by atoms with Crippen molar-refractivity contribution < 1.29 is 14.3 Å². The summed E-state index contributed by atoms with van der Waals surface area (Å²) in [4.78, 5) is 21.3. The molecule has 1 fully saturated rings. The molecule has 0 spiro atoms. The van der Waals surface area contributed by atoms with Crippen molar-refractivity contribution in [1.29, 1.82) is 0 Å². The van der Waals surface area contributed by atoms with Crippen LogP contribution in [0.2, 0.25) is 0 Å². The molecule has 0 aliphatic heterocycles. The molecule has 1 saturated carbocycles. The molecule has 1 aliphatic carbocycles. The molecule has 0 unspecified atom stereocenters. The first-order chi connectivity index (χ1) is 5.15. The van der Waals surface area contributed by atoms with Gasteiger partial charge < -0.3 is 10.5 Å². The SMILES string of the molecule is COC(=O)C1CC(C(N)=O)C1. The zero-order chi connectivity index (χ0) is 8.43. The van der Waals surface area contributed by atoms with Gasteiger partial charge in [0.15, 0.2) is 0 Å². The molecular formula is C7H11NO3. The summed E-state index contributed by atoms with van der Waals surface area (Å²) in [6.07, 6.45) is 1.12. The zero-order valence-electron chi connectivity index (χ0n) is 6.37. The van der Waals surface area contributed by atoms with Gasteiger partial charge in [-0.2, -0.15) is 0 Å². The van der Waals surface area contributed by atoms with Gasteiger partial charge in [0.2, 0.25) is 5.91 Å². The summed E-state index contributed by atoms with van der Waals surface area (Å²) in [7, 11) is 1.35. The topological polar surface area (TPSA) is 69.4 Å². The van der Waals surface area contributed by atoms with Gasteiger partial charge in [0.25, 0.3) is 0 Å². The number of rotatable bonds is 2. The van der Waals surface area contributed by atoms with Gasteiger partial charge in [0.05, 0.1) is 13.0 Å². The van der Waals surface area contributed by atoms with E-state index in [1.807, 2.05) is 0 Å². The molecule has 0 bridgehead atoms. The number of nitrogens with two attached hydrogens (primary N) is 1. The molecule has 0 saturated heterocycles. The highest BCUT2D eigenvalue weighted by molar-refractivity contribution is 5.82. The summed E-state index contributed by atoms with van der Waals surface area (Å²) >= 11 is 0. The highest BCUT2D eigenvalue weighted by Gasteiger charge is 2.38. The van der Waals surface area contributed by atoms with Gasteiger partial charge in [-0.05, 0) is 12.8 Å². The predicted octanol–water partition coefficient (Wildman–Crippen LogP) is -0.329. The smallest absolute Gasteiger partial charge is 0.308 e. The second-order valence-electron chi connectivity index (χ2n) is 2.79. The molecule has 0 aromatic rings. The Balaban J connectivity index is 2.29. The van der Waals surface area contributed by atoms with Crippen LogP contribution in [0.1, 0.15) is 12.8 Å². The van der Waals surface area contributed by atoms with Crippen LogP contribution in [0.25, 0.3) is 0 Å². The standard InChI is InChI=1S/C7H11NO3/c1-11-7(10)5-2-4(3-5)6(8)9/h4-5H,2-3H2,1H3,(H2,8,9). The highest BCUT2D eigenvalue weighted by Crippen LogP contribution is 2.33. The lowest BCUT2D eigenvalue weighted by atomic mass is 9.74. The second kappa shape index (κ2) is 2.90. The van der Waals surface area contributed by atoms with Gasteiger partial charge in [-0.15, -0.1) is 0 Å². The number of carbonyl (C=O) groups is 2. The summed E-state index contributed by atoms with van der Waals surface area (Å²) < 4.78 is 4.49. The van der Waals surface area contributed by atoms with Crippen molar-refractivity contribution in [2.45, 2.75) is 12.8 Å². The van der Waals surface area contributed by atoms with Crippen LogP contribution in [-0.2, 0) is 14.3 Å². The maximum atomic E-state index is 10.8. The number of methoxy groups -OCH3 is 1. The Labute approximate surface area is 64.7 Å². The molecule has 1 rings (SSSR count). The number of carbonyl (C=O) groups excluding carboxylic acids is 2. The van der Waals surface area contributed by atoms with Crippen molar-refractivity contribution in [1.82, 2.24) is 0 Å². The quantitative estimate of drug-likeness (QED) is 0.558. The molecule has 2 N–H and O–H groups in total. The van der Waals surface area contributed by atoms with E-state index >= 15 is 0 Å². The monoisotopic (exact) mass is 157 g/mol. The van der Waals surface area contributed by atoms with Crippen LogP contribution in [-0.4, -0.2) is 19.0 Å².